The molecule has 15 heteroatoms. The molecule has 1 aromatic carbocycles. The third-order valence-electron chi connectivity index (χ3n) is 9.00. The van der Waals surface area contributed by atoms with Crippen molar-refractivity contribution in [1.82, 2.24) is 29.9 Å². The van der Waals surface area contributed by atoms with Gasteiger partial charge in [-0.05, 0) is 71.8 Å². The molecule has 0 bridgehead atoms. The van der Waals surface area contributed by atoms with Gasteiger partial charge in [-0.3, -0.25) is 9.69 Å². The van der Waals surface area contributed by atoms with Gasteiger partial charge in [-0.15, -0.1) is 10.2 Å². The van der Waals surface area contributed by atoms with E-state index in [0.29, 0.717) is 36.5 Å². The number of hydrogen-bond donors (Lipinski definition) is 2. The number of halogens is 1. The normalized spacial score (nSPS) is 16.8. The van der Waals surface area contributed by atoms with E-state index < -0.39 is 17.8 Å². The highest BCUT2D eigenvalue weighted by Gasteiger charge is 2.50. The minimum absolute atomic E-state index is 0.0427. The zero-order chi connectivity index (χ0) is 37.2. The van der Waals surface area contributed by atoms with Crippen molar-refractivity contribution in [3.63, 3.8) is 0 Å². The molecule has 2 aliphatic heterocycles. The first-order valence-corrected chi connectivity index (χ1v) is 16.9. The van der Waals surface area contributed by atoms with Gasteiger partial charge in [0, 0.05) is 76.0 Å². The fourth-order valence-corrected chi connectivity index (χ4v) is 6.63. The number of likely N-dealkylation sites (tertiary alicyclic amines) is 1. The van der Waals surface area contributed by atoms with Crippen molar-refractivity contribution in [2.45, 2.75) is 65.6 Å². The largest absolute Gasteiger partial charge is 0.478 e. The van der Waals surface area contributed by atoms with Crippen LogP contribution in [0.25, 0.3) is 0 Å². The Kier molecular flexibility index (Phi) is 14.6. The molecular formula is C35H52FN7O7. The summed E-state index contributed by atoms with van der Waals surface area (Å²) in [5.74, 6) is -1.75. The van der Waals surface area contributed by atoms with Crippen molar-refractivity contribution < 1.29 is 38.5 Å². The van der Waals surface area contributed by atoms with Crippen LogP contribution in [0.1, 0.15) is 57.8 Å². The maximum Gasteiger partial charge on any atom is 0.328 e. The van der Waals surface area contributed by atoms with Crippen LogP contribution in [0, 0.1) is 17.2 Å². The number of ether oxygens (including phenoxy) is 2. The second-order valence-electron chi connectivity index (χ2n) is 13.8. The number of amides is 1. The summed E-state index contributed by atoms with van der Waals surface area (Å²) in [6.45, 7) is 15.5. The van der Waals surface area contributed by atoms with E-state index in [1.807, 2.05) is 27.9 Å². The van der Waals surface area contributed by atoms with Crippen molar-refractivity contribution in [2.75, 3.05) is 65.4 Å². The van der Waals surface area contributed by atoms with Crippen LogP contribution in [0.4, 0.5) is 10.2 Å². The van der Waals surface area contributed by atoms with Crippen LogP contribution in [-0.4, -0.2) is 137 Å². The van der Waals surface area contributed by atoms with Crippen LogP contribution in [-0.2, 0) is 14.3 Å². The second kappa shape index (κ2) is 18.2. The molecule has 276 valence electrons. The molecule has 3 heterocycles. The maximum atomic E-state index is 14.3. The lowest BCUT2D eigenvalue weighted by Crippen LogP contribution is -2.62. The molecular weight excluding hydrogens is 649 g/mol. The van der Waals surface area contributed by atoms with Gasteiger partial charge in [0.1, 0.15) is 17.9 Å². The maximum absolute atomic E-state index is 14.3. The molecule has 0 saturated carbocycles. The van der Waals surface area contributed by atoms with Gasteiger partial charge in [0.15, 0.2) is 5.82 Å². The lowest BCUT2D eigenvalue weighted by Gasteiger charge is -2.53. The van der Waals surface area contributed by atoms with E-state index in [2.05, 4.69) is 57.8 Å². The first kappa shape index (κ1) is 40.2. The van der Waals surface area contributed by atoms with Crippen LogP contribution in [0.2, 0.25) is 0 Å². The minimum Gasteiger partial charge on any atom is -0.478 e. The summed E-state index contributed by atoms with van der Waals surface area (Å²) < 4.78 is 26.3. The summed E-state index contributed by atoms with van der Waals surface area (Å²) in [5, 5.41) is 23.8. The van der Waals surface area contributed by atoms with E-state index in [1.54, 1.807) is 4.90 Å². The first-order valence-electron chi connectivity index (χ1n) is 16.9. The number of benzene rings is 1. The average Bonchev–Trinajstić information content (AvgIpc) is 3.48. The van der Waals surface area contributed by atoms with Crippen LogP contribution in [0.15, 0.2) is 36.7 Å². The van der Waals surface area contributed by atoms with Crippen molar-refractivity contribution >= 4 is 23.7 Å². The first-order chi connectivity index (χ1) is 23.6. The Bertz CT molecular complexity index is 1470. The zero-order valence-corrected chi connectivity index (χ0v) is 30.4. The molecule has 2 aromatic rings. The number of carboxylic acid groups (broad SMARTS) is 2. The Hall–Kier alpha value is -4.21. The predicted molar refractivity (Wildman–Crippen MR) is 186 cm³/mol. The highest BCUT2D eigenvalue weighted by Crippen LogP contribution is 2.44. The van der Waals surface area contributed by atoms with Gasteiger partial charge in [0.25, 0.3) is 11.8 Å². The Labute approximate surface area is 293 Å². The number of likely N-dealkylation sites (N-methyl/N-ethyl adjacent to an activating group) is 1. The van der Waals surface area contributed by atoms with Crippen molar-refractivity contribution in [3.8, 4) is 11.6 Å². The molecule has 14 nitrogen and oxygen atoms in total. The van der Waals surface area contributed by atoms with E-state index in [1.165, 1.54) is 24.5 Å². The van der Waals surface area contributed by atoms with Gasteiger partial charge in [0.05, 0.1) is 11.7 Å². The Balaban J connectivity index is 0.000000753. The Morgan fingerprint density at radius 2 is 1.74 bits per heavy atom. The lowest BCUT2D eigenvalue weighted by molar-refractivity contribution is -0.134. The smallest absolute Gasteiger partial charge is 0.328 e. The molecule has 2 N–H and O–H groups in total. The molecule has 0 aliphatic carbocycles. The van der Waals surface area contributed by atoms with Crippen LogP contribution in [0.5, 0.6) is 11.6 Å². The molecule has 2 saturated heterocycles. The van der Waals surface area contributed by atoms with Crippen molar-refractivity contribution in [2.24, 2.45) is 11.3 Å². The fourth-order valence-electron chi connectivity index (χ4n) is 6.63. The molecule has 0 unspecified atom stereocenters. The number of anilines is 1. The highest BCUT2D eigenvalue weighted by molar-refractivity contribution is 5.97. The van der Waals surface area contributed by atoms with Crippen molar-refractivity contribution in [3.05, 3.63) is 48.1 Å². The average molecular weight is 702 g/mol. The van der Waals surface area contributed by atoms with E-state index >= 15 is 0 Å². The topological polar surface area (TPSA) is 162 Å². The quantitative estimate of drug-likeness (QED) is 0.258. The molecule has 1 aromatic heterocycles. The van der Waals surface area contributed by atoms with Gasteiger partial charge < -0.3 is 34.4 Å². The van der Waals surface area contributed by atoms with E-state index in [-0.39, 0.29) is 40.7 Å². The van der Waals surface area contributed by atoms with Crippen molar-refractivity contribution in [1.29, 1.82) is 0 Å². The van der Waals surface area contributed by atoms with Crippen LogP contribution in [0.3, 0.4) is 0 Å². The summed E-state index contributed by atoms with van der Waals surface area (Å²) in [4.78, 5) is 45.6. The van der Waals surface area contributed by atoms with Gasteiger partial charge in [-0.25, -0.2) is 19.0 Å². The Morgan fingerprint density at radius 1 is 1.08 bits per heavy atom. The van der Waals surface area contributed by atoms with Gasteiger partial charge in [0.2, 0.25) is 0 Å². The number of carbonyl (C=O) groups is 3. The number of nitrogens with zero attached hydrogens (tertiary/aromatic N) is 7. The second-order valence-corrected chi connectivity index (χ2v) is 13.8. The number of carboxylic acids is 2. The fraction of sp³-hybridized carbons (Fsp3) is 0.600. The molecule has 2 atom stereocenters. The zero-order valence-electron chi connectivity index (χ0n) is 30.4. The van der Waals surface area contributed by atoms with E-state index in [0.717, 1.165) is 45.6 Å². The number of rotatable bonds is 15. The number of hydrogen-bond acceptors (Lipinski definition) is 11. The summed E-state index contributed by atoms with van der Waals surface area (Å²) in [6, 6.07) is 4.39. The third-order valence-corrected chi connectivity index (χ3v) is 9.00. The molecule has 4 rings (SSSR count). The lowest BCUT2D eigenvalue weighted by atomic mass is 9.76. The van der Waals surface area contributed by atoms with E-state index in [9.17, 15) is 18.8 Å². The van der Waals surface area contributed by atoms with Gasteiger partial charge in [-0.1, -0.05) is 13.8 Å². The molecule has 1 amide bonds. The molecule has 2 fully saturated rings. The highest BCUT2D eigenvalue weighted by atomic mass is 19.1. The number of aliphatic carboxylic acids is 2. The number of carbonyl (C=O) groups excluding carboxylic acids is 1. The van der Waals surface area contributed by atoms with Gasteiger partial charge in [-0.2, -0.15) is 0 Å². The summed E-state index contributed by atoms with van der Waals surface area (Å²) in [6.07, 6.45) is 4.78. The van der Waals surface area contributed by atoms with E-state index in [4.69, 9.17) is 19.7 Å². The SMILES string of the molecule is CCN(C(=O)c1cc(F)ccc1Oc1nncnc1N1CCC2(C1)CN([C@@H](C[C@H](CN(C)C)OC)C(C)C)C2)C(C)C.O=C(O)/C=C/C(=O)O. The number of aromatic nitrogens is 3. The molecule has 1 spiro atoms. The summed E-state index contributed by atoms with van der Waals surface area (Å²) in [5.41, 5.74) is 0.327. The monoisotopic (exact) mass is 701 g/mol. The molecule has 0 radical (unpaired) electrons. The molecule has 50 heavy (non-hydrogen) atoms. The third kappa shape index (κ3) is 10.9. The predicted octanol–water partition coefficient (Wildman–Crippen LogP) is 3.89. The molecule has 2 aliphatic rings. The summed E-state index contributed by atoms with van der Waals surface area (Å²) in [7, 11) is 5.98. The Morgan fingerprint density at radius 3 is 2.28 bits per heavy atom. The minimum atomic E-state index is -1.26. The summed E-state index contributed by atoms with van der Waals surface area (Å²) >= 11 is 0. The van der Waals surface area contributed by atoms with Crippen LogP contribution < -0.4 is 9.64 Å². The van der Waals surface area contributed by atoms with Gasteiger partial charge >= 0.3 is 11.9 Å². The van der Waals surface area contributed by atoms with Crippen LogP contribution >= 0.6 is 0 Å². The standard InChI is InChI=1S/C31H48FN7O3.C4H4O4/c1-9-39(22(4)5)30(40)25-14-23(32)10-11-27(25)42-29-28(33-20-34-35-29)37-13-12-31(17-37)18-38(19-31)26(21(2)3)15-24(41-8)16-36(6)7;5-3(6)1-2-4(7)8/h10-11,14,20-22,24,26H,9,12-13,15-19H2,1-8H3;1-2H,(H,5,6)(H,7,8)/b;2-1+/t24-,26+;/m1./s1. The number of methoxy groups -OCH3 is 1.